The Morgan fingerprint density at radius 3 is 2.43 bits per heavy atom. The largest absolute Gasteiger partial charge is 0.338 e. The minimum atomic E-state index is 0.0578. The van der Waals surface area contributed by atoms with Gasteiger partial charge in [-0.15, -0.1) is 0 Å². The van der Waals surface area contributed by atoms with Gasteiger partial charge in [-0.05, 0) is 43.0 Å². The lowest BCUT2D eigenvalue weighted by Crippen LogP contribution is -2.52. The van der Waals surface area contributed by atoms with Gasteiger partial charge in [0.15, 0.2) is 0 Å². The maximum absolute atomic E-state index is 12.2. The Bertz CT molecular complexity index is 482. The molecule has 0 aromatic heterocycles. The first-order valence-corrected chi connectivity index (χ1v) is 8.92. The Hall–Kier alpha value is -1.26. The molecule has 1 aromatic rings. The standard InChI is InChI=1S/C18H28ClN3O/c1-15(2)8-10-21-11-13-22(14-12-21)18(23)20-9-7-16-3-5-17(19)6-4-16/h3-6,15H,7-14H2,1-2H3,(H,20,23). The smallest absolute Gasteiger partial charge is 0.317 e. The van der Waals surface area contributed by atoms with Crippen molar-refractivity contribution in [3.8, 4) is 0 Å². The Labute approximate surface area is 144 Å². The molecule has 1 fully saturated rings. The van der Waals surface area contributed by atoms with Crippen LogP contribution in [0.5, 0.6) is 0 Å². The Kier molecular flexibility index (Phi) is 7.18. The van der Waals surface area contributed by atoms with Gasteiger partial charge in [0.05, 0.1) is 0 Å². The summed E-state index contributed by atoms with van der Waals surface area (Å²) < 4.78 is 0. The second kappa shape index (κ2) is 9.14. The molecule has 0 atom stereocenters. The van der Waals surface area contributed by atoms with Gasteiger partial charge in [0.2, 0.25) is 0 Å². The zero-order valence-electron chi connectivity index (χ0n) is 14.2. The van der Waals surface area contributed by atoms with E-state index in [1.807, 2.05) is 29.2 Å². The lowest BCUT2D eigenvalue weighted by Gasteiger charge is -2.35. The van der Waals surface area contributed by atoms with Crippen molar-refractivity contribution >= 4 is 17.6 Å². The number of nitrogens with zero attached hydrogens (tertiary/aromatic N) is 2. The quantitative estimate of drug-likeness (QED) is 0.864. The molecule has 0 bridgehead atoms. The molecule has 1 N–H and O–H groups in total. The van der Waals surface area contributed by atoms with Crippen molar-refractivity contribution in [1.29, 1.82) is 0 Å². The Morgan fingerprint density at radius 1 is 1.17 bits per heavy atom. The minimum Gasteiger partial charge on any atom is -0.338 e. The zero-order valence-corrected chi connectivity index (χ0v) is 15.0. The summed E-state index contributed by atoms with van der Waals surface area (Å²) in [7, 11) is 0. The summed E-state index contributed by atoms with van der Waals surface area (Å²) in [5, 5.41) is 3.76. The predicted octanol–water partition coefficient (Wildman–Crippen LogP) is 3.26. The molecule has 0 aliphatic carbocycles. The molecule has 1 aliphatic rings. The van der Waals surface area contributed by atoms with Crippen molar-refractivity contribution < 1.29 is 4.79 Å². The minimum absolute atomic E-state index is 0.0578. The van der Waals surface area contributed by atoms with Crippen LogP contribution in [0.1, 0.15) is 25.8 Å². The van der Waals surface area contributed by atoms with Crippen molar-refractivity contribution in [2.45, 2.75) is 26.7 Å². The maximum Gasteiger partial charge on any atom is 0.317 e. The SMILES string of the molecule is CC(C)CCN1CCN(C(=O)NCCc2ccc(Cl)cc2)CC1. The number of benzene rings is 1. The lowest BCUT2D eigenvalue weighted by molar-refractivity contribution is 0.136. The van der Waals surface area contributed by atoms with Crippen LogP contribution < -0.4 is 5.32 Å². The fourth-order valence-corrected chi connectivity index (χ4v) is 2.82. The third kappa shape index (κ3) is 6.40. The van der Waals surface area contributed by atoms with Gasteiger partial charge in [0.1, 0.15) is 0 Å². The average molecular weight is 338 g/mol. The normalized spacial score (nSPS) is 15.9. The Morgan fingerprint density at radius 2 is 1.83 bits per heavy atom. The van der Waals surface area contributed by atoms with E-state index in [4.69, 9.17) is 11.6 Å². The maximum atomic E-state index is 12.2. The second-order valence-corrected chi connectivity index (χ2v) is 7.06. The molecule has 1 aromatic carbocycles. The number of carbonyl (C=O) groups is 1. The lowest BCUT2D eigenvalue weighted by atomic mass is 10.1. The molecule has 0 spiro atoms. The van der Waals surface area contributed by atoms with Crippen LogP contribution in [0.2, 0.25) is 5.02 Å². The molecule has 0 saturated carbocycles. The fourth-order valence-electron chi connectivity index (χ4n) is 2.69. The molecular weight excluding hydrogens is 310 g/mol. The number of hydrogen-bond acceptors (Lipinski definition) is 2. The molecule has 2 rings (SSSR count). The summed E-state index contributed by atoms with van der Waals surface area (Å²) in [5.74, 6) is 0.740. The van der Waals surface area contributed by atoms with E-state index in [1.165, 1.54) is 12.0 Å². The third-order valence-electron chi connectivity index (χ3n) is 4.29. The highest BCUT2D eigenvalue weighted by atomic mass is 35.5. The first kappa shape index (κ1) is 18.1. The van der Waals surface area contributed by atoms with Gasteiger partial charge in [-0.2, -0.15) is 0 Å². The van der Waals surface area contributed by atoms with Crippen LogP contribution >= 0.6 is 11.6 Å². The van der Waals surface area contributed by atoms with E-state index < -0.39 is 0 Å². The number of rotatable bonds is 6. The molecule has 23 heavy (non-hydrogen) atoms. The van der Waals surface area contributed by atoms with Crippen LogP contribution in [0.4, 0.5) is 4.79 Å². The number of carbonyl (C=O) groups excluding carboxylic acids is 1. The molecule has 4 nitrogen and oxygen atoms in total. The number of hydrogen-bond donors (Lipinski definition) is 1. The molecular formula is C18H28ClN3O. The summed E-state index contributed by atoms with van der Waals surface area (Å²) in [6, 6.07) is 7.83. The van der Waals surface area contributed by atoms with E-state index >= 15 is 0 Å². The molecule has 128 valence electrons. The van der Waals surface area contributed by atoms with Gasteiger partial charge in [-0.3, -0.25) is 4.90 Å². The van der Waals surface area contributed by atoms with Crippen molar-refractivity contribution in [3.05, 3.63) is 34.9 Å². The highest BCUT2D eigenvalue weighted by Crippen LogP contribution is 2.10. The van der Waals surface area contributed by atoms with E-state index in [0.29, 0.717) is 6.54 Å². The van der Waals surface area contributed by atoms with Crippen LogP contribution in [-0.4, -0.2) is 55.1 Å². The number of urea groups is 1. The Balaban J connectivity index is 1.64. The van der Waals surface area contributed by atoms with Crippen molar-refractivity contribution in [2.75, 3.05) is 39.3 Å². The van der Waals surface area contributed by atoms with Crippen molar-refractivity contribution in [2.24, 2.45) is 5.92 Å². The van der Waals surface area contributed by atoms with Crippen molar-refractivity contribution in [1.82, 2.24) is 15.1 Å². The molecule has 0 unspecified atom stereocenters. The molecule has 0 radical (unpaired) electrons. The van der Waals surface area contributed by atoms with Crippen LogP contribution in [-0.2, 0) is 6.42 Å². The highest BCUT2D eigenvalue weighted by Gasteiger charge is 2.20. The summed E-state index contributed by atoms with van der Waals surface area (Å²) in [4.78, 5) is 16.6. The monoisotopic (exact) mass is 337 g/mol. The molecule has 2 amide bonds. The molecule has 5 heteroatoms. The van der Waals surface area contributed by atoms with E-state index in [-0.39, 0.29) is 6.03 Å². The van der Waals surface area contributed by atoms with Gasteiger partial charge in [0.25, 0.3) is 0 Å². The van der Waals surface area contributed by atoms with Gasteiger partial charge < -0.3 is 10.2 Å². The molecule has 1 saturated heterocycles. The predicted molar refractivity (Wildman–Crippen MR) is 96.0 cm³/mol. The van der Waals surface area contributed by atoms with Gasteiger partial charge in [0, 0.05) is 37.7 Å². The van der Waals surface area contributed by atoms with Gasteiger partial charge in [-0.25, -0.2) is 4.79 Å². The highest BCUT2D eigenvalue weighted by molar-refractivity contribution is 6.30. The number of piperazine rings is 1. The average Bonchev–Trinajstić information content (AvgIpc) is 2.55. The van der Waals surface area contributed by atoms with Crippen molar-refractivity contribution in [3.63, 3.8) is 0 Å². The van der Waals surface area contributed by atoms with Gasteiger partial charge >= 0.3 is 6.03 Å². The van der Waals surface area contributed by atoms with Crippen LogP contribution in [0.15, 0.2) is 24.3 Å². The topological polar surface area (TPSA) is 35.6 Å². The van der Waals surface area contributed by atoms with Crippen LogP contribution in [0, 0.1) is 5.92 Å². The fraction of sp³-hybridized carbons (Fsp3) is 0.611. The van der Waals surface area contributed by atoms with E-state index in [0.717, 1.165) is 50.1 Å². The summed E-state index contributed by atoms with van der Waals surface area (Å²) in [5.41, 5.74) is 1.19. The number of nitrogens with one attached hydrogen (secondary N) is 1. The second-order valence-electron chi connectivity index (χ2n) is 6.62. The summed E-state index contributed by atoms with van der Waals surface area (Å²) in [6.45, 7) is 9.93. The first-order chi connectivity index (χ1) is 11.0. The third-order valence-corrected chi connectivity index (χ3v) is 4.54. The summed E-state index contributed by atoms with van der Waals surface area (Å²) in [6.07, 6.45) is 2.06. The molecule has 1 heterocycles. The molecule has 1 aliphatic heterocycles. The first-order valence-electron chi connectivity index (χ1n) is 8.54. The van der Waals surface area contributed by atoms with Crippen LogP contribution in [0.3, 0.4) is 0 Å². The number of halogens is 1. The van der Waals surface area contributed by atoms with E-state index in [9.17, 15) is 4.79 Å². The summed E-state index contributed by atoms with van der Waals surface area (Å²) >= 11 is 5.87. The van der Waals surface area contributed by atoms with Gasteiger partial charge in [-0.1, -0.05) is 37.6 Å². The zero-order chi connectivity index (χ0) is 16.7. The van der Waals surface area contributed by atoms with Crippen LogP contribution in [0.25, 0.3) is 0 Å². The van der Waals surface area contributed by atoms with E-state index in [2.05, 4.69) is 24.1 Å². The van der Waals surface area contributed by atoms with E-state index in [1.54, 1.807) is 0 Å². The number of amides is 2.